The van der Waals surface area contributed by atoms with Crippen LogP contribution in [0.25, 0.3) is 0 Å². The largest absolute Gasteiger partial charge is 0.397 e. The molecule has 0 spiro atoms. The molecule has 5 heteroatoms. The maximum Gasteiger partial charge on any atom is 0.247 e. The Hall–Kier alpha value is -1.75. The molecular weight excluding hydrogens is 206 g/mol. The quantitative estimate of drug-likeness (QED) is 0.543. The van der Waals surface area contributed by atoms with Crippen molar-refractivity contribution in [2.45, 2.75) is 18.6 Å². The fraction of sp³-hybridized carbons (Fsp3) is 0.364. The highest BCUT2D eigenvalue weighted by atomic mass is 16.3. The monoisotopic (exact) mass is 219 g/mol. The normalized spacial score (nSPS) is 27.3. The number of carbonyl (C=O) groups excluding carboxylic acids is 1. The van der Waals surface area contributed by atoms with Crippen molar-refractivity contribution in [1.29, 1.82) is 0 Å². The van der Waals surface area contributed by atoms with E-state index in [-0.39, 0.29) is 11.9 Å². The Bertz CT molecular complexity index is 461. The first-order chi connectivity index (χ1) is 7.66. The number of anilines is 3. The number of amides is 1. The number of aliphatic hydroxyl groups is 1. The number of para-hydroxylation sites is 1. The van der Waals surface area contributed by atoms with E-state index in [1.54, 1.807) is 12.1 Å². The molecule has 2 unspecified atom stereocenters. The molecule has 4 N–H and O–H groups in total. The van der Waals surface area contributed by atoms with Gasteiger partial charge in [0.1, 0.15) is 6.04 Å². The molecule has 0 radical (unpaired) electrons. The van der Waals surface area contributed by atoms with Crippen molar-refractivity contribution < 1.29 is 9.90 Å². The first-order valence-corrected chi connectivity index (χ1v) is 5.31. The Morgan fingerprint density at radius 1 is 1.50 bits per heavy atom. The molecule has 1 aromatic carbocycles. The molecule has 0 aliphatic carbocycles. The van der Waals surface area contributed by atoms with Crippen molar-refractivity contribution in [2.24, 2.45) is 0 Å². The third kappa shape index (κ3) is 1.18. The molecule has 84 valence electrons. The summed E-state index contributed by atoms with van der Waals surface area (Å²) in [6, 6.07) is 5.15. The highest BCUT2D eigenvalue weighted by Gasteiger charge is 2.41. The van der Waals surface area contributed by atoms with Crippen molar-refractivity contribution in [3.63, 3.8) is 0 Å². The summed E-state index contributed by atoms with van der Waals surface area (Å²) in [6.07, 6.45) is 0.0147. The zero-order chi connectivity index (χ0) is 11.3. The first-order valence-electron chi connectivity index (χ1n) is 5.31. The Morgan fingerprint density at radius 3 is 3.12 bits per heavy atom. The SMILES string of the molecule is Nc1cccc2c1N1CC(O)CC1C(=O)N2. The summed E-state index contributed by atoms with van der Waals surface area (Å²) in [4.78, 5) is 13.7. The van der Waals surface area contributed by atoms with E-state index in [0.717, 1.165) is 11.4 Å². The molecule has 0 aromatic heterocycles. The van der Waals surface area contributed by atoms with Crippen molar-refractivity contribution in [2.75, 3.05) is 22.5 Å². The summed E-state index contributed by atoms with van der Waals surface area (Å²) < 4.78 is 0. The highest BCUT2D eigenvalue weighted by molar-refractivity contribution is 6.06. The fourth-order valence-corrected chi connectivity index (χ4v) is 2.51. The van der Waals surface area contributed by atoms with Gasteiger partial charge in [0, 0.05) is 13.0 Å². The van der Waals surface area contributed by atoms with Gasteiger partial charge in [-0.15, -0.1) is 0 Å². The van der Waals surface area contributed by atoms with Crippen LogP contribution < -0.4 is 16.0 Å². The van der Waals surface area contributed by atoms with Gasteiger partial charge in [-0.3, -0.25) is 4.79 Å². The minimum Gasteiger partial charge on any atom is -0.397 e. The Balaban J connectivity index is 2.13. The summed E-state index contributed by atoms with van der Waals surface area (Å²) in [5.74, 6) is -0.0605. The second-order valence-corrected chi connectivity index (χ2v) is 4.29. The molecule has 1 fully saturated rings. The Labute approximate surface area is 92.8 Å². The Morgan fingerprint density at radius 2 is 2.31 bits per heavy atom. The summed E-state index contributed by atoms with van der Waals surface area (Å²) in [5, 5.41) is 12.5. The van der Waals surface area contributed by atoms with Crippen LogP contribution in [0.4, 0.5) is 17.1 Å². The molecule has 0 saturated carbocycles. The van der Waals surface area contributed by atoms with Crippen molar-refractivity contribution in [3.8, 4) is 0 Å². The summed E-state index contributed by atoms with van der Waals surface area (Å²) in [5.41, 5.74) is 8.12. The lowest BCUT2D eigenvalue weighted by Gasteiger charge is -2.33. The molecule has 1 amide bonds. The molecule has 1 aromatic rings. The summed E-state index contributed by atoms with van der Waals surface area (Å²) in [6.45, 7) is 0.472. The van der Waals surface area contributed by atoms with E-state index in [1.165, 1.54) is 0 Å². The molecule has 2 aliphatic heterocycles. The van der Waals surface area contributed by atoms with E-state index in [4.69, 9.17) is 5.73 Å². The average molecular weight is 219 g/mol. The number of hydrogen-bond acceptors (Lipinski definition) is 4. The number of nitrogens with zero attached hydrogens (tertiary/aromatic N) is 1. The molecule has 3 rings (SSSR count). The van der Waals surface area contributed by atoms with E-state index in [9.17, 15) is 9.90 Å². The van der Waals surface area contributed by atoms with Crippen molar-refractivity contribution in [3.05, 3.63) is 18.2 Å². The predicted molar refractivity (Wildman–Crippen MR) is 61.2 cm³/mol. The smallest absolute Gasteiger partial charge is 0.247 e. The minimum absolute atomic E-state index is 0.0605. The summed E-state index contributed by atoms with van der Waals surface area (Å²) >= 11 is 0. The van der Waals surface area contributed by atoms with Crippen LogP contribution in [-0.4, -0.2) is 29.7 Å². The van der Waals surface area contributed by atoms with Gasteiger partial charge in [-0.2, -0.15) is 0 Å². The first kappa shape index (κ1) is 9.47. The van der Waals surface area contributed by atoms with Gasteiger partial charge in [0.25, 0.3) is 0 Å². The van der Waals surface area contributed by atoms with Gasteiger partial charge in [0.2, 0.25) is 5.91 Å². The van der Waals surface area contributed by atoms with E-state index < -0.39 is 6.10 Å². The number of hydrogen-bond donors (Lipinski definition) is 3. The maximum atomic E-state index is 11.8. The van der Waals surface area contributed by atoms with E-state index in [1.807, 2.05) is 11.0 Å². The molecule has 16 heavy (non-hydrogen) atoms. The van der Waals surface area contributed by atoms with Gasteiger partial charge in [0.15, 0.2) is 0 Å². The number of fused-ring (bicyclic) bond motifs is 3. The van der Waals surface area contributed by atoms with Gasteiger partial charge in [-0.1, -0.05) is 6.07 Å². The number of rotatable bonds is 0. The van der Waals surface area contributed by atoms with Crippen LogP contribution in [0.2, 0.25) is 0 Å². The minimum atomic E-state index is -0.457. The number of benzene rings is 1. The van der Waals surface area contributed by atoms with Crippen LogP contribution in [0.5, 0.6) is 0 Å². The van der Waals surface area contributed by atoms with Gasteiger partial charge >= 0.3 is 0 Å². The lowest BCUT2D eigenvalue weighted by molar-refractivity contribution is -0.117. The molecule has 5 nitrogen and oxygen atoms in total. The second-order valence-electron chi connectivity index (χ2n) is 4.29. The third-order valence-corrected chi connectivity index (χ3v) is 3.19. The molecular formula is C11H13N3O2. The zero-order valence-electron chi connectivity index (χ0n) is 8.68. The van der Waals surface area contributed by atoms with Gasteiger partial charge in [0.05, 0.1) is 23.2 Å². The number of aliphatic hydroxyl groups excluding tert-OH is 1. The Kier molecular flexibility index (Phi) is 1.85. The predicted octanol–water partition coefficient (Wildman–Crippen LogP) is 0.160. The average Bonchev–Trinajstić information content (AvgIpc) is 2.60. The van der Waals surface area contributed by atoms with E-state index >= 15 is 0 Å². The van der Waals surface area contributed by atoms with Crippen LogP contribution in [0.1, 0.15) is 6.42 Å². The standard InChI is InChI=1S/C11H13N3O2/c12-7-2-1-3-8-10(7)14-5-6(15)4-9(14)11(16)13-8/h1-3,6,9,15H,4-5,12H2,(H,13,16). The molecule has 0 bridgehead atoms. The van der Waals surface area contributed by atoms with E-state index in [0.29, 0.717) is 18.7 Å². The molecule has 2 heterocycles. The summed E-state index contributed by atoms with van der Waals surface area (Å²) in [7, 11) is 0. The molecule has 1 saturated heterocycles. The molecule has 2 aliphatic rings. The number of carbonyl (C=O) groups is 1. The second kappa shape index (κ2) is 3.12. The van der Waals surface area contributed by atoms with Crippen LogP contribution >= 0.6 is 0 Å². The number of nitrogens with one attached hydrogen (secondary N) is 1. The van der Waals surface area contributed by atoms with Gasteiger partial charge < -0.3 is 21.1 Å². The number of nitrogen functional groups attached to an aromatic ring is 1. The number of nitrogens with two attached hydrogens (primary N) is 1. The molecule has 2 atom stereocenters. The highest BCUT2D eigenvalue weighted by Crippen LogP contribution is 2.40. The maximum absolute atomic E-state index is 11.8. The van der Waals surface area contributed by atoms with Gasteiger partial charge in [-0.05, 0) is 12.1 Å². The topological polar surface area (TPSA) is 78.6 Å². The fourth-order valence-electron chi connectivity index (χ4n) is 2.51. The zero-order valence-corrected chi connectivity index (χ0v) is 8.68. The van der Waals surface area contributed by atoms with Crippen LogP contribution in [0, 0.1) is 0 Å². The van der Waals surface area contributed by atoms with E-state index in [2.05, 4.69) is 5.32 Å². The van der Waals surface area contributed by atoms with Gasteiger partial charge in [-0.25, -0.2) is 0 Å². The van der Waals surface area contributed by atoms with Crippen LogP contribution in [0.3, 0.4) is 0 Å². The van der Waals surface area contributed by atoms with Crippen LogP contribution in [0.15, 0.2) is 18.2 Å². The van der Waals surface area contributed by atoms with Crippen molar-refractivity contribution >= 4 is 23.0 Å². The van der Waals surface area contributed by atoms with Crippen LogP contribution in [-0.2, 0) is 4.79 Å². The van der Waals surface area contributed by atoms with Crippen molar-refractivity contribution in [1.82, 2.24) is 0 Å². The lowest BCUT2D eigenvalue weighted by Crippen LogP contribution is -2.44. The lowest BCUT2D eigenvalue weighted by atomic mass is 10.1. The third-order valence-electron chi connectivity index (χ3n) is 3.19.